The molecule has 1 saturated heterocycles. The van der Waals surface area contributed by atoms with E-state index in [1.807, 2.05) is 30.3 Å². The van der Waals surface area contributed by atoms with Crippen LogP contribution < -0.4 is 0 Å². The third kappa shape index (κ3) is 3.42. The molecular formula is C27H23F2NO2. The lowest BCUT2D eigenvalue weighted by atomic mass is 9.87. The van der Waals surface area contributed by atoms with E-state index in [4.69, 9.17) is 0 Å². The molecule has 3 aromatic carbocycles. The van der Waals surface area contributed by atoms with E-state index in [-0.39, 0.29) is 35.3 Å². The van der Waals surface area contributed by atoms with Crippen LogP contribution in [0.25, 0.3) is 0 Å². The van der Waals surface area contributed by atoms with Gasteiger partial charge in [-0.2, -0.15) is 0 Å². The molecule has 0 radical (unpaired) electrons. The van der Waals surface area contributed by atoms with Gasteiger partial charge in [0.15, 0.2) is 0 Å². The molecule has 3 aromatic rings. The number of halogens is 2. The van der Waals surface area contributed by atoms with Crippen LogP contribution in [0.2, 0.25) is 0 Å². The number of piperidine rings is 1. The number of nitrogens with zero attached hydrogens (tertiary/aromatic N) is 1. The Hall–Kier alpha value is -3.34. The molecule has 1 aliphatic carbocycles. The normalized spacial score (nSPS) is 21.8. The van der Waals surface area contributed by atoms with Gasteiger partial charge in [0.05, 0.1) is 11.3 Å². The summed E-state index contributed by atoms with van der Waals surface area (Å²) in [6.07, 6.45) is 1.85. The highest BCUT2D eigenvalue weighted by atomic mass is 19.1. The van der Waals surface area contributed by atoms with Crippen molar-refractivity contribution < 1.29 is 18.4 Å². The monoisotopic (exact) mass is 431 g/mol. The van der Waals surface area contributed by atoms with Crippen LogP contribution in [-0.2, 0) is 15.0 Å². The zero-order valence-corrected chi connectivity index (χ0v) is 17.5. The van der Waals surface area contributed by atoms with Crippen molar-refractivity contribution in [2.24, 2.45) is 5.92 Å². The first kappa shape index (κ1) is 20.6. The van der Waals surface area contributed by atoms with E-state index < -0.39 is 5.41 Å². The second-order valence-electron chi connectivity index (χ2n) is 8.69. The SMILES string of the molecule is O=C1C2CC2(c2ccccc2)C(=O)N1CCCC(c1ccc(F)cc1)c1ccc(F)cc1. The quantitative estimate of drug-likeness (QED) is 0.482. The third-order valence-electron chi connectivity index (χ3n) is 6.86. The van der Waals surface area contributed by atoms with Crippen LogP contribution in [0.4, 0.5) is 8.78 Å². The molecule has 5 heteroatoms. The van der Waals surface area contributed by atoms with Crippen molar-refractivity contribution in [1.82, 2.24) is 4.90 Å². The molecule has 5 rings (SSSR count). The smallest absolute Gasteiger partial charge is 0.240 e. The molecule has 2 unspecified atom stereocenters. The number of hydrogen-bond acceptors (Lipinski definition) is 2. The standard InChI is InChI=1S/C27H23F2NO2/c28-21-12-8-18(9-13-21)23(19-10-14-22(29)15-11-19)7-4-16-30-25(31)24-17-27(24,26(30)32)20-5-2-1-3-6-20/h1-3,5-6,8-15,23-24H,4,7,16-17H2. The fourth-order valence-electron chi connectivity index (χ4n) is 5.09. The topological polar surface area (TPSA) is 37.4 Å². The summed E-state index contributed by atoms with van der Waals surface area (Å²) in [4.78, 5) is 27.5. The summed E-state index contributed by atoms with van der Waals surface area (Å²) in [7, 11) is 0. The second-order valence-corrected chi connectivity index (χ2v) is 8.69. The molecule has 3 nitrogen and oxygen atoms in total. The van der Waals surface area contributed by atoms with Crippen LogP contribution in [0, 0.1) is 17.6 Å². The minimum atomic E-state index is -0.675. The van der Waals surface area contributed by atoms with E-state index in [1.165, 1.54) is 29.2 Å². The summed E-state index contributed by atoms with van der Waals surface area (Å²) < 4.78 is 26.9. The maximum absolute atomic E-state index is 13.4. The van der Waals surface area contributed by atoms with Gasteiger partial charge in [0.2, 0.25) is 11.8 Å². The number of fused-ring (bicyclic) bond motifs is 1. The molecule has 2 amide bonds. The third-order valence-corrected chi connectivity index (χ3v) is 6.86. The number of hydrogen-bond donors (Lipinski definition) is 0. The van der Waals surface area contributed by atoms with Crippen LogP contribution in [0.5, 0.6) is 0 Å². The van der Waals surface area contributed by atoms with Gasteiger partial charge in [-0.1, -0.05) is 54.6 Å². The van der Waals surface area contributed by atoms with Crippen molar-refractivity contribution in [3.63, 3.8) is 0 Å². The highest BCUT2D eigenvalue weighted by molar-refractivity contribution is 6.15. The number of benzene rings is 3. The molecule has 0 N–H and O–H groups in total. The van der Waals surface area contributed by atoms with Gasteiger partial charge in [0.25, 0.3) is 0 Å². The summed E-state index contributed by atoms with van der Waals surface area (Å²) in [5, 5.41) is 0. The Balaban J connectivity index is 1.31. The minimum absolute atomic E-state index is 0.0818. The zero-order valence-electron chi connectivity index (χ0n) is 17.5. The summed E-state index contributed by atoms with van der Waals surface area (Å²) in [5.74, 6) is -1.14. The predicted molar refractivity (Wildman–Crippen MR) is 117 cm³/mol. The van der Waals surface area contributed by atoms with Gasteiger partial charge in [-0.05, 0) is 60.2 Å². The molecule has 162 valence electrons. The fourth-order valence-corrected chi connectivity index (χ4v) is 5.09. The van der Waals surface area contributed by atoms with Crippen LogP contribution in [-0.4, -0.2) is 23.3 Å². The Kier molecular flexibility index (Phi) is 5.12. The average Bonchev–Trinajstić information content (AvgIpc) is 3.53. The number of rotatable bonds is 7. The van der Waals surface area contributed by atoms with E-state index in [2.05, 4.69) is 0 Å². The van der Waals surface area contributed by atoms with Gasteiger partial charge in [-0.3, -0.25) is 14.5 Å². The van der Waals surface area contributed by atoms with Crippen LogP contribution in [0.3, 0.4) is 0 Å². The van der Waals surface area contributed by atoms with Crippen LogP contribution in [0.1, 0.15) is 41.9 Å². The molecule has 0 aromatic heterocycles. The first-order valence-corrected chi connectivity index (χ1v) is 10.9. The summed E-state index contributed by atoms with van der Waals surface area (Å²) in [6, 6.07) is 22.1. The number of carbonyl (C=O) groups is 2. The summed E-state index contributed by atoms with van der Waals surface area (Å²) in [6.45, 7) is 0.349. The Morgan fingerprint density at radius 3 is 1.97 bits per heavy atom. The van der Waals surface area contributed by atoms with E-state index in [0.717, 1.165) is 16.7 Å². The van der Waals surface area contributed by atoms with Gasteiger partial charge in [0.1, 0.15) is 11.6 Å². The number of carbonyl (C=O) groups excluding carboxylic acids is 2. The molecule has 1 heterocycles. The summed E-state index contributed by atoms with van der Waals surface area (Å²) in [5.41, 5.74) is 2.08. The molecule has 0 spiro atoms. The molecule has 32 heavy (non-hydrogen) atoms. The largest absolute Gasteiger partial charge is 0.282 e. The van der Waals surface area contributed by atoms with E-state index in [0.29, 0.717) is 25.8 Å². The Morgan fingerprint density at radius 2 is 1.41 bits per heavy atom. The number of amides is 2. The van der Waals surface area contributed by atoms with E-state index in [1.54, 1.807) is 24.3 Å². The lowest BCUT2D eigenvalue weighted by molar-refractivity contribution is -0.141. The van der Waals surface area contributed by atoms with E-state index >= 15 is 0 Å². The van der Waals surface area contributed by atoms with Gasteiger partial charge in [0, 0.05) is 12.5 Å². The maximum atomic E-state index is 13.4. The first-order chi connectivity index (χ1) is 15.5. The minimum Gasteiger partial charge on any atom is -0.282 e. The highest BCUT2D eigenvalue weighted by Gasteiger charge is 2.72. The predicted octanol–water partition coefficient (Wildman–Crippen LogP) is 5.20. The van der Waals surface area contributed by atoms with Crippen molar-refractivity contribution >= 4 is 11.8 Å². The van der Waals surface area contributed by atoms with Gasteiger partial charge in [-0.15, -0.1) is 0 Å². The van der Waals surface area contributed by atoms with Crippen LogP contribution in [0.15, 0.2) is 78.9 Å². The lowest BCUT2D eigenvalue weighted by Gasteiger charge is -2.22. The molecule has 1 aliphatic heterocycles. The van der Waals surface area contributed by atoms with Crippen molar-refractivity contribution in [3.05, 3.63) is 107 Å². The van der Waals surface area contributed by atoms with Gasteiger partial charge < -0.3 is 0 Å². The van der Waals surface area contributed by atoms with Crippen molar-refractivity contribution in [2.45, 2.75) is 30.6 Å². The number of imide groups is 1. The molecule has 2 aliphatic rings. The molecule has 2 fully saturated rings. The Morgan fingerprint density at radius 1 is 0.844 bits per heavy atom. The summed E-state index contributed by atoms with van der Waals surface area (Å²) >= 11 is 0. The van der Waals surface area contributed by atoms with Crippen molar-refractivity contribution in [1.29, 1.82) is 0 Å². The molecule has 0 bridgehead atoms. The molecule has 2 atom stereocenters. The molecule has 1 saturated carbocycles. The average molecular weight is 431 g/mol. The highest BCUT2D eigenvalue weighted by Crippen LogP contribution is 2.60. The number of likely N-dealkylation sites (tertiary alicyclic amines) is 1. The van der Waals surface area contributed by atoms with Crippen molar-refractivity contribution in [3.8, 4) is 0 Å². The fraction of sp³-hybridized carbons (Fsp3) is 0.259. The first-order valence-electron chi connectivity index (χ1n) is 10.9. The maximum Gasteiger partial charge on any atom is 0.240 e. The van der Waals surface area contributed by atoms with Crippen LogP contribution >= 0.6 is 0 Å². The van der Waals surface area contributed by atoms with E-state index in [9.17, 15) is 18.4 Å². The Bertz CT molecular complexity index is 1100. The second kappa shape index (κ2) is 7.97. The van der Waals surface area contributed by atoms with Gasteiger partial charge in [-0.25, -0.2) is 8.78 Å². The lowest BCUT2D eigenvalue weighted by Crippen LogP contribution is -2.37. The Labute approximate surface area is 185 Å². The zero-order chi connectivity index (χ0) is 22.3. The van der Waals surface area contributed by atoms with Gasteiger partial charge >= 0.3 is 0 Å². The molecular weight excluding hydrogens is 408 g/mol. The van der Waals surface area contributed by atoms with Crippen molar-refractivity contribution in [2.75, 3.05) is 6.54 Å².